The van der Waals surface area contributed by atoms with Crippen molar-refractivity contribution >= 4 is 15.9 Å². The molecule has 0 amide bonds. The van der Waals surface area contributed by atoms with Crippen LogP contribution in [0.3, 0.4) is 0 Å². The maximum atomic E-state index is 4.62. The normalized spacial score (nSPS) is 11.0. The summed E-state index contributed by atoms with van der Waals surface area (Å²) in [5.74, 6) is 0. The Labute approximate surface area is 135 Å². The van der Waals surface area contributed by atoms with Gasteiger partial charge < -0.3 is 5.32 Å². The van der Waals surface area contributed by atoms with Gasteiger partial charge in [-0.25, -0.2) is 0 Å². The van der Waals surface area contributed by atoms with E-state index in [-0.39, 0.29) is 0 Å². The van der Waals surface area contributed by atoms with Crippen LogP contribution in [0.1, 0.15) is 43.3 Å². The molecule has 2 aromatic rings. The largest absolute Gasteiger partial charge is 0.307 e. The molecular weight excluding hydrogens is 326 g/mol. The van der Waals surface area contributed by atoms with Gasteiger partial charge in [0.25, 0.3) is 0 Å². The van der Waals surface area contributed by atoms with Crippen molar-refractivity contribution in [2.75, 3.05) is 0 Å². The first-order valence-electron chi connectivity index (χ1n) is 7.72. The Morgan fingerprint density at radius 1 is 1.00 bits per heavy atom. The Hall–Kier alpha value is -1.13. The predicted octanol–water partition coefficient (Wildman–Crippen LogP) is 4.08. The van der Waals surface area contributed by atoms with Gasteiger partial charge in [0.1, 0.15) is 0 Å². The van der Waals surface area contributed by atoms with Crippen LogP contribution in [0, 0.1) is 0 Å². The Kier molecular flexibility index (Phi) is 6.00. The molecule has 3 nitrogen and oxygen atoms in total. The van der Waals surface area contributed by atoms with E-state index in [2.05, 4.69) is 76.1 Å². The molecular formula is C17H24BrN3. The van der Waals surface area contributed by atoms with Crippen LogP contribution in [0.4, 0.5) is 0 Å². The van der Waals surface area contributed by atoms with E-state index in [0.717, 1.165) is 42.6 Å². The van der Waals surface area contributed by atoms with Gasteiger partial charge in [0.15, 0.2) is 0 Å². The number of hydrogen-bond acceptors (Lipinski definition) is 2. The number of benzene rings is 1. The second-order valence-corrected chi connectivity index (χ2v) is 5.94. The lowest BCUT2D eigenvalue weighted by Crippen LogP contribution is -2.16. The summed E-state index contributed by atoms with van der Waals surface area (Å²) < 4.78 is 3.23. The van der Waals surface area contributed by atoms with Gasteiger partial charge in [-0.2, -0.15) is 5.10 Å². The number of nitrogens with zero attached hydrogens (tertiary/aromatic N) is 2. The highest BCUT2D eigenvalue weighted by Crippen LogP contribution is 2.22. The molecule has 0 atom stereocenters. The second kappa shape index (κ2) is 7.76. The average molecular weight is 350 g/mol. The lowest BCUT2D eigenvalue weighted by Gasteiger charge is -2.08. The number of aromatic nitrogens is 2. The monoisotopic (exact) mass is 349 g/mol. The van der Waals surface area contributed by atoms with Crippen molar-refractivity contribution in [2.45, 2.75) is 53.2 Å². The van der Waals surface area contributed by atoms with Crippen LogP contribution in [0.2, 0.25) is 0 Å². The van der Waals surface area contributed by atoms with Gasteiger partial charge in [0, 0.05) is 19.6 Å². The van der Waals surface area contributed by atoms with Crippen molar-refractivity contribution in [1.82, 2.24) is 15.1 Å². The summed E-state index contributed by atoms with van der Waals surface area (Å²) in [6.45, 7) is 9.07. The minimum atomic E-state index is 0.830. The molecule has 1 N–H and O–H groups in total. The van der Waals surface area contributed by atoms with Crippen LogP contribution < -0.4 is 5.32 Å². The maximum Gasteiger partial charge on any atom is 0.0767 e. The SMILES string of the molecule is CCc1ccc(CNCc2c(Br)c(CC)nn2CC)cc1. The number of aryl methyl sites for hydroxylation is 3. The quantitative estimate of drug-likeness (QED) is 0.815. The fourth-order valence-corrected chi connectivity index (χ4v) is 3.11. The van der Waals surface area contributed by atoms with Crippen molar-refractivity contribution in [3.8, 4) is 0 Å². The predicted molar refractivity (Wildman–Crippen MR) is 91.3 cm³/mol. The van der Waals surface area contributed by atoms with Crippen molar-refractivity contribution < 1.29 is 0 Å². The van der Waals surface area contributed by atoms with E-state index in [4.69, 9.17) is 0 Å². The molecule has 0 radical (unpaired) electrons. The third-order valence-electron chi connectivity index (χ3n) is 3.75. The molecule has 4 heteroatoms. The Bertz CT molecular complexity index is 572. The molecule has 1 aromatic heterocycles. The third kappa shape index (κ3) is 3.95. The molecule has 0 saturated carbocycles. The smallest absolute Gasteiger partial charge is 0.0767 e. The Morgan fingerprint density at radius 3 is 2.24 bits per heavy atom. The third-order valence-corrected chi connectivity index (χ3v) is 4.66. The van der Waals surface area contributed by atoms with Crippen molar-refractivity contribution in [3.63, 3.8) is 0 Å². The number of hydrogen-bond donors (Lipinski definition) is 1. The molecule has 0 unspecified atom stereocenters. The summed E-state index contributed by atoms with van der Waals surface area (Å²) in [4.78, 5) is 0. The first-order valence-corrected chi connectivity index (χ1v) is 8.51. The van der Waals surface area contributed by atoms with Gasteiger partial charge in [-0.05, 0) is 46.8 Å². The van der Waals surface area contributed by atoms with Gasteiger partial charge in [-0.15, -0.1) is 0 Å². The summed E-state index contributed by atoms with van der Waals surface area (Å²) >= 11 is 3.69. The molecule has 2 rings (SSSR count). The zero-order valence-electron chi connectivity index (χ0n) is 13.1. The standard InChI is InChI=1S/C17H24BrN3/c1-4-13-7-9-14(10-8-13)11-19-12-16-17(18)15(5-2)20-21(16)6-3/h7-10,19H,4-6,11-12H2,1-3H3. The van der Waals surface area contributed by atoms with Gasteiger partial charge >= 0.3 is 0 Å². The fourth-order valence-electron chi connectivity index (χ4n) is 2.40. The summed E-state index contributed by atoms with van der Waals surface area (Å²) in [7, 11) is 0. The molecule has 0 spiro atoms. The van der Waals surface area contributed by atoms with E-state index in [1.165, 1.54) is 16.8 Å². The molecule has 1 heterocycles. The summed E-state index contributed by atoms with van der Waals surface area (Å²) in [5, 5.41) is 8.14. The molecule has 0 aliphatic heterocycles. The van der Waals surface area contributed by atoms with E-state index in [0.29, 0.717) is 0 Å². The van der Waals surface area contributed by atoms with Crippen molar-refractivity contribution in [2.24, 2.45) is 0 Å². The second-order valence-electron chi connectivity index (χ2n) is 5.15. The lowest BCUT2D eigenvalue weighted by molar-refractivity contribution is 0.576. The summed E-state index contributed by atoms with van der Waals surface area (Å²) in [6.07, 6.45) is 2.05. The topological polar surface area (TPSA) is 29.9 Å². The zero-order valence-corrected chi connectivity index (χ0v) is 14.7. The minimum Gasteiger partial charge on any atom is -0.307 e. The first kappa shape index (κ1) is 16.2. The number of rotatable bonds is 7. The molecule has 0 aliphatic carbocycles. The van der Waals surface area contributed by atoms with E-state index in [9.17, 15) is 0 Å². The van der Waals surface area contributed by atoms with Crippen LogP contribution in [0.25, 0.3) is 0 Å². The van der Waals surface area contributed by atoms with E-state index < -0.39 is 0 Å². The van der Waals surface area contributed by atoms with Crippen LogP contribution in [0.5, 0.6) is 0 Å². The van der Waals surface area contributed by atoms with E-state index in [1.807, 2.05) is 0 Å². The van der Waals surface area contributed by atoms with Crippen LogP contribution in [-0.4, -0.2) is 9.78 Å². The van der Waals surface area contributed by atoms with Crippen molar-refractivity contribution in [3.05, 3.63) is 51.3 Å². The highest BCUT2D eigenvalue weighted by Gasteiger charge is 2.13. The van der Waals surface area contributed by atoms with Crippen LogP contribution in [0.15, 0.2) is 28.7 Å². The van der Waals surface area contributed by atoms with Crippen LogP contribution in [-0.2, 0) is 32.5 Å². The molecule has 21 heavy (non-hydrogen) atoms. The number of nitrogens with one attached hydrogen (secondary N) is 1. The Balaban J connectivity index is 1.97. The minimum absolute atomic E-state index is 0.830. The first-order chi connectivity index (χ1) is 10.2. The summed E-state index contributed by atoms with van der Waals surface area (Å²) in [6, 6.07) is 8.82. The fraction of sp³-hybridized carbons (Fsp3) is 0.471. The maximum absolute atomic E-state index is 4.62. The number of halogens is 1. The summed E-state index contributed by atoms with van der Waals surface area (Å²) in [5.41, 5.74) is 5.08. The average Bonchev–Trinajstić information content (AvgIpc) is 2.84. The molecule has 1 aromatic carbocycles. The van der Waals surface area contributed by atoms with Gasteiger partial charge in [0.05, 0.1) is 15.9 Å². The van der Waals surface area contributed by atoms with E-state index in [1.54, 1.807) is 0 Å². The molecule has 0 saturated heterocycles. The van der Waals surface area contributed by atoms with E-state index >= 15 is 0 Å². The van der Waals surface area contributed by atoms with Gasteiger partial charge in [-0.1, -0.05) is 38.1 Å². The molecule has 0 bridgehead atoms. The molecule has 114 valence electrons. The van der Waals surface area contributed by atoms with Crippen molar-refractivity contribution in [1.29, 1.82) is 0 Å². The highest BCUT2D eigenvalue weighted by molar-refractivity contribution is 9.10. The molecule has 0 aliphatic rings. The van der Waals surface area contributed by atoms with Gasteiger partial charge in [-0.3, -0.25) is 4.68 Å². The zero-order chi connectivity index (χ0) is 15.2. The lowest BCUT2D eigenvalue weighted by atomic mass is 10.1. The Morgan fingerprint density at radius 2 is 1.67 bits per heavy atom. The highest BCUT2D eigenvalue weighted by atomic mass is 79.9. The van der Waals surface area contributed by atoms with Gasteiger partial charge in [0.2, 0.25) is 0 Å². The van der Waals surface area contributed by atoms with Crippen LogP contribution >= 0.6 is 15.9 Å². The molecule has 0 fully saturated rings.